The highest BCUT2D eigenvalue weighted by Crippen LogP contribution is 2.22. The van der Waals surface area contributed by atoms with E-state index in [0.717, 1.165) is 23.0 Å². The third-order valence-electron chi connectivity index (χ3n) is 3.29. The van der Waals surface area contributed by atoms with Crippen LogP contribution in [-0.4, -0.2) is 43.0 Å². The lowest BCUT2D eigenvalue weighted by molar-refractivity contribution is 0.0946. The van der Waals surface area contributed by atoms with Crippen LogP contribution in [-0.2, 0) is 0 Å². The third-order valence-corrected chi connectivity index (χ3v) is 3.29. The first-order chi connectivity index (χ1) is 8.99. The molecule has 4 nitrogen and oxygen atoms in total. The van der Waals surface area contributed by atoms with Gasteiger partial charge in [-0.2, -0.15) is 0 Å². The van der Waals surface area contributed by atoms with Gasteiger partial charge >= 0.3 is 0 Å². The number of carbonyl (C=O) groups excluding carboxylic acids is 1. The van der Waals surface area contributed by atoms with Crippen molar-refractivity contribution in [2.75, 3.05) is 27.2 Å². The summed E-state index contributed by atoms with van der Waals surface area (Å²) < 4.78 is 0. The molecule has 2 aromatic rings. The molecule has 1 aromatic heterocycles. The summed E-state index contributed by atoms with van der Waals surface area (Å²) in [7, 11) is 3.98. The molecule has 102 valence electrons. The topological polar surface area (TPSA) is 48.1 Å². The SMILES string of the molecule is Cc1ccc2[nH]c(C(=O)NCCN(C)C)c(C)c2c1. The quantitative estimate of drug-likeness (QED) is 0.883. The molecule has 0 atom stereocenters. The van der Waals surface area contributed by atoms with Crippen molar-refractivity contribution in [3.05, 3.63) is 35.0 Å². The van der Waals surface area contributed by atoms with Gasteiger partial charge in [0.1, 0.15) is 5.69 Å². The summed E-state index contributed by atoms with van der Waals surface area (Å²) in [6.07, 6.45) is 0. The summed E-state index contributed by atoms with van der Waals surface area (Å²) in [5.41, 5.74) is 3.90. The predicted octanol–water partition coefficient (Wildman–Crippen LogP) is 2.08. The molecule has 0 spiro atoms. The summed E-state index contributed by atoms with van der Waals surface area (Å²) in [4.78, 5) is 17.4. The molecular formula is C15H21N3O. The molecule has 0 radical (unpaired) electrons. The van der Waals surface area contributed by atoms with Gasteiger partial charge in [0, 0.05) is 24.0 Å². The molecule has 0 bridgehead atoms. The normalized spacial score (nSPS) is 11.2. The van der Waals surface area contributed by atoms with Gasteiger partial charge in [-0.25, -0.2) is 0 Å². The number of aryl methyl sites for hydroxylation is 2. The molecule has 4 heteroatoms. The van der Waals surface area contributed by atoms with Gasteiger partial charge in [-0.05, 0) is 45.6 Å². The third kappa shape index (κ3) is 2.96. The van der Waals surface area contributed by atoms with Crippen molar-refractivity contribution in [1.29, 1.82) is 0 Å². The number of aromatic nitrogens is 1. The lowest BCUT2D eigenvalue weighted by Crippen LogP contribution is -2.31. The van der Waals surface area contributed by atoms with E-state index in [2.05, 4.69) is 23.3 Å². The van der Waals surface area contributed by atoms with Crippen molar-refractivity contribution in [3.63, 3.8) is 0 Å². The lowest BCUT2D eigenvalue weighted by Gasteiger charge is -2.10. The molecule has 2 rings (SSSR count). The number of nitrogens with zero attached hydrogens (tertiary/aromatic N) is 1. The Morgan fingerprint density at radius 1 is 1.32 bits per heavy atom. The molecule has 19 heavy (non-hydrogen) atoms. The Labute approximate surface area is 113 Å². The Hall–Kier alpha value is -1.81. The Morgan fingerprint density at radius 2 is 2.05 bits per heavy atom. The molecule has 0 aliphatic heterocycles. The first-order valence-electron chi connectivity index (χ1n) is 6.51. The fraction of sp³-hybridized carbons (Fsp3) is 0.400. The number of H-pyrrole nitrogens is 1. The van der Waals surface area contributed by atoms with Crippen LogP contribution in [0.4, 0.5) is 0 Å². The van der Waals surface area contributed by atoms with Gasteiger partial charge in [0.2, 0.25) is 0 Å². The zero-order valence-corrected chi connectivity index (χ0v) is 12.0. The van der Waals surface area contributed by atoms with Crippen LogP contribution in [0.1, 0.15) is 21.6 Å². The molecule has 1 heterocycles. The number of hydrogen-bond donors (Lipinski definition) is 2. The second-order valence-corrected chi connectivity index (χ2v) is 5.23. The van der Waals surface area contributed by atoms with Gasteiger partial charge < -0.3 is 15.2 Å². The Bertz CT molecular complexity index is 599. The van der Waals surface area contributed by atoms with Crippen molar-refractivity contribution in [3.8, 4) is 0 Å². The van der Waals surface area contributed by atoms with Gasteiger partial charge in [-0.1, -0.05) is 11.6 Å². The number of fused-ring (bicyclic) bond motifs is 1. The second kappa shape index (κ2) is 5.45. The summed E-state index contributed by atoms with van der Waals surface area (Å²) in [6.45, 7) is 5.53. The molecule has 1 amide bonds. The lowest BCUT2D eigenvalue weighted by atomic mass is 10.1. The second-order valence-electron chi connectivity index (χ2n) is 5.23. The predicted molar refractivity (Wildman–Crippen MR) is 78.7 cm³/mol. The molecule has 0 aliphatic carbocycles. The van der Waals surface area contributed by atoms with Gasteiger partial charge in [0.05, 0.1) is 0 Å². The van der Waals surface area contributed by atoms with Crippen LogP contribution in [0, 0.1) is 13.8 Å². The molecule has 1 aromatic carbocycles. The largest absolute Gasteiger partial charge is 0.350 e. The van der Waals surface area contributed by atoms with Gasteiger partial charge in [0.25, 0.3) is 5.91 Å². The first kappa shape index (κ1) is 13.6. The molecule has 2 N–H and O–H groups in total. The minimum absolute atomic E-state index is 0.0341. The fourth-order valence-corrected chi connectivity index (χ4v) is 2.15. The van der Waals surface area contributed by atoms with Crippen LogP contribution < -0.4 is 5.32 Å². The Balaban J connectivity index is 2.20. The van der Waals surface area contributed by atoms with E-state index in [1.54, 1.807) is 0 Å². The van der Waals surface area contributed by atoms with Crippen LogP contribution in [0.25, 0.3) is 10.9 Å². The molecular weight excluding hydrogens is 238 g/mol. The highest BCUT2D eigenvalue weighted by atomic mass is 16.1. The average Bonchev–Trinajstić information content (AvgIpc) is 2.66. The van der Waals surface area contributed by atoms with Crippen LogP contribution in [0.2, 0.25) is 0 Å². The zero-order chi connectivity index (χ0) is 14.0. The van der Waals surface area contributed by atoms with Crippen LogP contribution in [0.5, 0.6) is 0 Å². The number of carbonyl (C=O) groups is 1. The van der Waals surface area contributed by atoms with E-state index in [1.807, 2.05) is 38.1 Å². The van der Waals surface area contributed by atoms with Gasteiger partial charge in [-0.3, -0.25) is 4.79 Å². The monoisotopic (exact) mass is 259 g/mol. The Kier molecular flexibility index (Phi) is 3.90. The van der Waals surface area contributed by atoms with E-state index in [-0.39, 0.29) is 5.91 Å². The average molecular weight is 259 g/mol. The van der Waals surface area contributed by atoms with E-state index in [9.17, 15) is 4.79 Å². The van der Waals surface area contributed by atoms with Crippen molar-refractivity contribution in [2.24, 2.45) is 0 Å². The van der Waals surface area contributed by atoms with E-state index < -0.39 is 0 Å². The van der Waals surface area contributed by atoms with Crippen molar-refractivity contribution < 1.29 is 4.79 Å². The summed E-state index contributed by atoms with van der Waals surface area (Å²) in [5, 5.41) is 4.06. The minimum Gasteiger partial charge on any atom is -0.350 e. The van der Waals surface area contributed by atoms with Crippen LogP contribution in [0.15, 0.2) is 18.2 Å². The number of amides is 1. The zero-order valence-electron chi connectivity index (χ0n) is 12.0. The maximum Gasteiger partial charge on any atom is 0.268 e. The van der Waals surface area contributed by atoms with Crippen molar-refractivity contribution in [2.45, 2.75) is 13.8 Å². The van der Waals surface area contributed by atoms with Crippen LogP contribution in [0.3, 0.4) is 0 Å². The standard InChI is InChI=1S/C15H21N3O/c1-10-5-6-13-12(9-10)11(2)14(17-13)15(19)16-7-8-18(3)4/h5-6,9,17H,7-8H2,1-4H3,(H,16,19). The maximum atomic E-state index is 12.1. The number of aromatic amines is 1. The van der Waals surface area contributed by atoms with Crippen LogP contribution >= 0.6 is 0 Å². The number of likely N-dealkylation sites (N-methyl/N-ethyl adjacent to an activating group) is 1. The number of rotatable bonds is 4. The van der Waals surface area contributed by atoms with E-state index in [0.29, 0.717) is 12.2 Å². The fourth-order valence-electron chi connectivity index (χ4n) is 2.15. The Morgan fingerprint density at radius 3 is 2.74 bits per heavy atom. The summed E-state index contributed by atoms with van der Waals surface area (Å²) in [6, 6.07) is 6.18. The number of benzene rings is 1. The molecule has 0 aliphatic rings. The molecule has 0 unspecified atom stereocenters. The van der Waals surface area contributed by atoms with Gasteiger partial charge in [-0.15, -0.1) is 0 Å². The molecule has 0 saturated carbocycles. The minimum atomic E-state index is -0.0341. The van der Waals surface area contributed by atoms with E-state index in [1.165, 1.54) is 5.56 Å². The van der Waals surface area contributed by atoms with E-state index >= 15 is 0 Å². The molecule has 0 fully saturated rings. The van der Waals surface area contributed by atoms with Gasteiger partial charge in [0.15, 0.2) is 0 Å². The number of nitrogens with one attached hydrogen (secondary N) is 2. The van der Waals surface area contributed by atoms with Crippen molar-refractivity contribution in [1.82, 2.24) is 15.2 Å². The van der Waals surface area contributed by atoms with E-state index in [4.69, 9.17) is 0 Å². The maximum absolute atomic E-state index is 12.1. The highest BCUT2D eigenvalue weighted by Gasteiger charge is 2.14. The smallest absolute Gasteiger partial charge is 0.268 e. The highest BCUT2D eigenvalue weighted by molar-refractivity contribution is 6.01. The number of hydrogen-bond acceptors (Lipinski definition) is 2. The summed E-state index contributed by atoms with van der Waals surface area (Å²) in [5.74, 6) is -0.0341. The summed E-state index contributed by atoms with van der Waals surface area (Å²) >= 11 is 0. The van der Waals surface area contributed by atoms with Crippen molar-refractivity contribution >= 4 is 16.8 Å². The molecule has 0 saturated heterocycles. The first-order valence-corrected chi connectivity index (χ1v) is 6.51.